The minimum Gasteiger partial charge on any atom is -0.385 e. The first-order valence-corrected chi connectivity index (χ1v) is 10.9. The lowest BCUT2D eigenvalue weighted by Gasteiger charge is -2.10. The number of methoxy groups -OCH3 is 1. The molecule has 0 aliphatic heterocycles. The van der Waals surface area contributed by atoms with E-state index in [1.807, 2.05) is 28.8 Å². The average Bonchev–Trinajstić information content (AvgIpc) is 3.41. The molecule has 4 rings (SSSR count). The summed E-state index contributed by atoms with van der Waals surface area (Å²) in [5, 5.41) is 14.0. The number of rotatable bonds is 9. The predicted octanol–water partition coefficient (Wildman–Crippen LogP) is 5.12. The molecule has 10 heteroatoms. The maximum absolute atomic E-state index is 13.1. The van der Waals surface area contributed by atoms with Crippen molar-refractivity contribution in [2.75, 3.05) is 13.7 Å². The van der Waals surface area contributed by atoms with Gasteiger partial charge in [-0.25, -0.2) is 4.39 Å². The van der Waals surface area contributed by atoms with Gasteiger partial charge in [0.2, 0.25) is 11.7 Å². The van der Waals surface area contributed by atoms with Crippen molar-refractivity contribution in [2.45, 2.75) is 23.9 Å². The minimum absolute atomic E-state index is 0.315. The normalized spacial score (nSPS) is 11.2. The average molecular weight is 460 g/mol. The van der Waals surface area contributed by atoms with Gasteiger partial charge in [-0.15, -0.1) is 10.2 Å². The first-order valence-electron chi connectivity index (χ1n) is 9.54. The van der Waals surface area contributed by atoms with Gasteiger partial charge in [0.1, 0.15) is 5.82 Å². The van der Waals surface area contributed by atoms with Crippen LogP contribution in [-0.4, -0.2) is 38.6 Å². The summed E-state index contributed by atoms with van der Waals surface area (Å²) in [6.45, 7) is 1.29. The Morgan fingerprint density at radius 1 is 1.13 bits per heavy atom. The number of benzene rings is 2. The lowest BCUT2D eigenvalue weighted by molar-refractivity contribution is 0.189. The number of ether oxygens (including phenoxy) is 1. The van der Waals surface area contributed by atoms with Crippen molar-refractivity contribution in [3.05, 3.63) is 65.3 Å². The van der Waals surface area contributed by atoms with Crippen molar-refractivity contribution in [3.8, 4) is 22.8 Å². The maximum Gasteiger partial charge on any atom is 0.237 e. The van der Waals surface area contributed by atoms with Crippen molar-refractivity contribution >= 4 is 23.4 Å². The van der Waals surface area contributed by atoms with Crippen LogP contribution in [0.3, 0.4) is 0 Å². The molecule has 0 aliphatic rings. The summed E-state index contributed by atoms with van der Waals surface area (Å²) < 4.78 is 25.7. The molecule has 0 fully saturated rings. The lowest BCUT2D eigenvalue weighted by atomic mass is 10.2. The van der Waals surface area contributed by atoms with Gasteiger partial charge in [0.25, 0.3) is 0 Å². The molecule has 0 saturated heterocycles. The van der Waals surface area contributed by atoms with Crippen LogP contribution in [-0.2, 0) is 17.0 Å². The molecule has 0 bridgehead atoms. The molecule has 0 radical (unpaired) electrons. The molecule has 2 aromatic carbocycles. The second-order valence-corrected chi connectivity index (χ2v) is 7.94. The highest BCUT2D eigenvalue weighted by atomic mass is 35.5. The SMILES string of the molecule is COCCCn1c(SCc2nc(-c3ccc(F)cc3)no2)nnc1-c1ccccc1Cl. The summed E-state index contributed by atoms with van der Waals surface area (Å²) in [6, 6.07) is 13.5. The first-order chi connectivity index (χ1) is 15.2. The van der Waals surface area contributed by atoms with Gasteiger partial charge in [-0.2, -0.15) is 4.98 Å². The number of aromatic nitrogens is 5. The van der Waals surface area contributed by atoms with Gasteiger partial charge in [0.05, 0.1) is 10.8 Å². The summed E-state index contributed by atoms with van der Waals surface area (Å²) in [4.78, 5) is 4.39. The number of halogens is 2. The molecule has 31 heavy (non-hydrogen) atoms. The summed E-state index contributed by atoms with van der Waals surface area (Å²) in [6.07, 6.45) is 0.800. The maximum atomic E-state index is 13.1. The van der Waals surface area contributed by atoms with Gasteiger partial charge >= 0.3 is 0 Å². The monoisotopic (exact) mass is 459 g/mol. The van der Waals surface area contributed by atoms with E-state index < -0.39 is 0 Å². The van der Waals surface area contributed by atoms with Crippen LogP contribution in [0.1, 0.15) is 12.3 Å². The molecule has 0 atom stereocenters. The third kappa shape index (κ3) is 5.12. The molecular formula is C21H19ClFN5O2S. The molecule has 0 aliphatic carbocycles. The number of hydrogen-bond donors (Lipinski definition) is 0. The van der Waals surface area contributed by atoms with Crippen LogP contribution in [0.2, 0.25) is 5.02 Å². The Bertz CT molecular complexity index is 1150. The molecular weight excluding hydrogens is 441 g/mol. The zero-order chi connectivity index (χ0) is 21.6. The van der Waals surface area contributed by atoms with E-state index in [1.165, 1.54) is 23.9 Å². The molecule has 0 N–H and O–H groups in total. The van der Waals surface area contributed by atoms with Gasteiger partial charge in [-0.3, -0.25) is 0 Å². The fourth-order valence-corrected chi connectivity index (χ4v) is 3.98. The van der Waals surface area contributed by atoms with Crippen LogP contribution < -0.4 is 0 Å². The molecule has 2 aromatic heterocycles. The second-order valence-electron chi connectivity index (χ2n) is 6.59. The third-order valence-electron chi connectivity index (χ3n) is 4.46. The third-order valence-corrected chi connectivity index (χ3v) is 5.74. The van der Waals surface area contributed by atoms with Crippen LogP contribution in [0, 0.1) is 5.82 Å². The number of thioether (sulfide) groups is 1. The van der Waals surface area contributed by atoms with E-state index in [0.29, 0.717) is 52.2 Å². The topological polar surface area (TPSA) is 78.9 Å². The summed E-state index contributed by atoms with van der Waals surface area (Å²) in [5.74, 6) is 1.65. The van der Waals surface area contributed by atoms with E-state index in [9.17, 15) is 4.39 Å². The second kappa shape index (κ2) is 10.0. The fraction of sp³-hybridized carbons (Fsp3) is 0.238. The molecule has 0 spiro atoms. The van der Waals surface area contributed by atoms with Crippen molar-refractivity contribution in [1.82, 2.24) is 24.9 Å². The van der Waals surface area contributed by atoms with Crippen molar-refractivity contribution < 1.29 is 13.7 Å². The Morgan fingerprint density at radius 2 is 1.94 bits per heavy atom. The summed E-state index contributed by atoms with van der Waals surface area (Å²) in [5.41, 5.74) is 1.50. The van der Waals surface area contributed by atoms with E-state index in [4.69, 9.17) is 20.9 Å². The zero-order valence-corrected chi connectivity index (χ0v) is 18.2. The Labute approximate surface area is 187 Å². The molecule has 4 aromatic rings. The molecule has 0 amide bonds. The smallest absolute Gasteiger partial charge is 0.237 e. The predicted molar refractivity (Wildman–Crippen MR) is 116 cm³/mol. The Balaban J connectivity index is 1.53. The van der Waals surface area contributed by atoms with E-state index in [0.717, 1.165) is 12.0 Å². The highest BCUT2D eigenvalue weighted by Crippen LogP contribution is 2.30. The summed E-state index contributed by atoms with van der Waals surface area (Å²) in [7, 11) is 1.67. The number of hydrogen-bond acceptors (Lipinski definition) is 7. The van der Waals surface area contributed by atoms with Crippen LogP contribution in [0.15, 0.2) is 58.2 Å². The fourth-order valence-electron chi connectivity index (χ4n) is 2.96. The van der Waals surface area contributed by atoms with Crippen molar-refractivity contribution in [2.24, 2.45) is 0 Å². The summed E-state index contributed by atoms with van der Waals surface area (Å²) >= 11 is 7.82. The molecule has 160 valence electrons. The van der Waals surface area contributed by atoms with Crippen LogP contribution >= 0.6 is 23.4 Å². The van der Waals surface area contributed by atoms with Gasteiger partial charge < -0.3 is 13.8 Å². The van der Waals surface area contributed by atoms with E-state index in [1.54, 1.807) is 19.2 Å². The highest BCUT2D eigenvalue weighted by Gasteiger charge is 2.18. The van der Waals surface area contributed by atoms with Crippen LogP contribution in [0.4, 0.5) is 4.39 Å². The van der Waals surface area contributed by atoms with Crippen LogP contribution in [0.5, 0.6) is 0 Å². The zero-order valence-electron chi connectivity index (χ0n) is 16.7. The quantitative estimate of drug-likeness (QED) is 0.254. The lowest BCUT2D eigenvalue weighted by Crippen LogP contribution is -2.05. The highest BCUT2D eigenvalue weighted by molar-refractivity contribution is 7.98. The largest absolute Gasteiger partial charge is 0.385 e. The molecule has 2 heterocycles. The van der Waals surface area contributed by atoms with Crippen LogP contribution in [0.25, 0.3) is 22.8 Å². The number of nitrogens with zero attached hydrogens (tertiary/aromatic N) is 5. The van der Waals surface area contributed by atoms with Crippen molar-refractivity contribution in [1.29, 1.82) is 0 Å². The van der Waals surface area contributed by atoms with E-state index in [-0.39, 0.29) is 5.82 Å². The molecule has 7 nitrogen and oxygen atoms in total. The standard InChI is InChI=1S/C21H19ClFN5O2S/c1-29-12-4-11-28-20(16-5-2-3-6-17(16)22)25-26-21(28)31-13-18-24-19(27-30-18)14-7-9-15(23)10-8-14/h2-3,5-10H,4,11-13H2,1H3. The minimum atomic E-state index is -0.315. The Kier molecular flexibility index (Phi) is 6.96. The Morgan fingerprint density at radius 3 is 2.71 bits per heavy atom. The molecule has 0 unspecified atom stereocenters. The Hall–Kier alpha value is -2.75. The van der Waals surface area contributed by atoms with Gasteiger partial charge in [0, 0.05) is 31.4 Å². The van der Waals surface area contributed by atoms with E-state index in [2.05, 4.69) is 20.3 Å². The molecule has 0 saturated carbocycles. The van der Waals surface area contributed by atoms with Gasteiger partial charge in [-0.05, 0) is 42.8 Å². The van der Waals surface area contributed by atoms with Gasteiger partial charge in [-0.1, -0.05) is 40.7 Å². The first kappa shape index (κ1) is 21.5. The van der Waals surface area contributed by atoms with Gasteiger partial charge in [0.15, 0.2) is 11.0 Å². The van der Waals surface area contributed by atoms with E-state index >= 15 is 0 Å². The van der Waals surface area contributed by atoms with Crippen molar-refractivity contribution in [3.63, 3.8) is 0 Å².